The van der Waals surface area contributed by atoms with Gasteiger partial charge >= 0.3 is 24.2 Å². The van der Waals surface area contributed by atoms with Crippen LogP contribution in [0.5, 0.6) is 0 Å². The van der Waals surface area contributed by atoms with Gasteiger partial charge in [0.15, 0.2) is 11.6 Å². The quantitative estimate of drug-likeness (QED) is 0.154. The number of allylic oxidation sites excluding steroid dienone is 8. The summed E-state index contributed by atoms with van der Waals surface area (Å²) in [4.78, 5) is 80.2. The highest BCUT2D eigenvalue weighted by Gasteiger charge is 2.73. The van der Waals surface area contributed by atoms with Crippen molar-refractivity contribution in [2.24, 2.45) is 57.2 Å². The summed E-state index contributed by atoms with van der Waals surface area (Å²) in [6, 6.07) is 0. The SMILES string of the molecule is CCOC(=O)O[C@]1(C(=O)OCOC(=O)[C@@]2(OC(=O)OCC)CCC3C4CCC5=CC(=O)C=C[C@]5(C)C4[C@@H](O)C[C@]32C)CCC2C3CCC4=CC(=O)C=C[C@@]4(C)C3[C@@H](O)C[C@@]21C. The second-order valence-electron chi connectivity index (χ2n) is 19.7. The second kappa shape index (κ2) is 15.2. The molecule has 0 saturated heterocycles. The normalized spacial score (nSPS) is 44.1. The zero-order valence-electron chi connectivity index (χ0n) is 36.1. The molecule has 14 atom stereocenters. The molecule has 14 heteroatoms. The topological polar surface area (TPSA) is 198 Å². The molecule has 0 aromatic carbocycles. The minimum absolute atomic E-state index is 0.0142. The van der Waals surface area contributed by atoms with Crippen molar-refractivity contribution in [3.05, 3.63) is 47.6 Å². The van der Waals surface area contributed by atoms with E-state index in [4.69, 9.17) is 28.4 Å². The van der Waals surface area contributed by atoms with Crippen molar-refractivity contribution in [1.29, 1.82) is 0 Å². The first-order valence-electron chi connectivity index (χ1n) is 22.1. The molecule has 0 heterocycles. The van der Waals surface area contributed by atoms with Crippen LogP contribution in [-0.4, -0.2) is 89.4 Å². The van der Waals surface area contributed by atoms with Gasteiger partial charge in [0.05, 0.1) is 25.4 Å². The van der Waals surface area contributed by atoms with Crippen molar-refractivity contribution in [1.82, 2.24) is 0 Å². The minimum Gasteiger partial charge on any atom is -0.435 e. The Morgan fingerprint density at radius 3 is 1.39 bits per heavy atom. The maximum atomic E-state index is 14.6. The largest absolute Gasteiger partial charge is 0.509 e. The fourth-order valence-electron chi connectivity index (χ4n) is 14.7. The number of carbonyl (C=O) groups excluding carboxylic acids is 6. The van der Waals surface area contributed by atoms with Gasteiger partial charge in [0.1, 0.15) is 0 Å². The molecule has 8 aliphatic carbocycles. The molecule has 0 aromatic heterocycles. The van der Waals surface area contributed by atoms with E-state index in [1.54, 1.807) is 38.2 Å². The van der Waals surface area contributed by atoms with Gasteiger partial charge in [-0.3, -0.25) is 9.59 Å². The van der Waals surface area contributed by atoms with E-state index in [0.29, 0.717) is 38.5 Å². The molecule has 2 N–H and O–H groups in total. The number of ketones is 2. The molecule has 0 aromatic rings. The van der Waals surface area contributed by atoms with Crippen LogP contribution >= 0.6 is 0 Å². The Morgan fingerprint density at radius 2 is 1.02 bits per heavy atom. The number of carbonyl (C=O) groups is 6. The number of aliphatic hydroxyl groups excluding tert-OH is 2. The smallest absolute Gasteiger partial charge is 0.435 e. The van der Waals surface area contributed by atoms with E-state index in [1.807, 2.05) is 39.8 Å². The van der Waals surface area contributed by atoms with E-state index in [-0.39, 0.29) is 86.0 Å². The number of hydrogen-bond acceptors (Lipinski definition) is 14. The number of ether oxygens (including phenoxy) is 6. The highest BCUT2D eigenvalue weighted by molar-refractivity contribution is 6.01. The van der Waals surface area contributed by atoms with Gasteiger partial charge < -0.3 is 38.6 Å². The maximum absolute atomic E-state index is 14.6. The predicted octanol–water partition coefficient (Wildman–Crippen LogP) is 6.41. The van der Waals surface area contributed by atoms with Gasteiger partial charge in [-0.2, -0.15) is 0 Å². The number of rotatable bonds is 8. The van der Waals surface area contributed by atoms with Crippen molar-refractivity contribution < 1.29 is 67.4 Å². The van der Waals surface area contributed by atoms with Crippen LogP contribution in [0.1, 0.15) is 106 Å². The molecule has 0 amide bonds. The van der Waals surface area contributed by atoms with Crippen LogP contribution < -0.4 is 0 Å². The molecule has 0 aliphatic heterocycles. The highest BCUT2D eigenvalue weighted by atomic mass is 16.8. The third-order valence-electron chi connectivity index (χ3n) is 17.3. The van der Waals surface area contributed by atoms with Crippen LogP contribution in [0.2, 0.25) is 0 Å². The monoisotopic (exact) mass is 848 g/mol. The molecule has 8 aliphatic rings. The van der Waals surface area contributed by atoms with Gasteiger partial charge in [-0.1, -0.05) is 51.0 Å². The molecule has 6 unspecified atom stereocenters. The van der Waals surface area contributed by atoms with Crippen LogP contribution in [0.15, 0.2) is 47.6 Å². The molecule has 0 radical (unpaired) electrons. The Hall–Kier alpha value is -4.30. The standard InChI is InChI=1S/C47H60O14/c1-7-56-40(54)60-46(19-15-32-30-11-9-26-21-28(48)13-17-42(26,3)36(30)34(50)23-44(32,46)5)38(52)58-25-59-39(53)47(61-41(55)57-8-2)20-16-33-31-12-10-27-22-29(49)14-18-43(27,4)37(31)35(51)24-45(33,47)6/h13-14,17-18,21-22,30-37,50-51H,7-12,15-16,19-20,23-25H2,1-6H3/t30?,31?,32?,33?,34-,35-,36?,37?,42-,43+,44+,45-,46-,47-/m0/s1. The molecule has 8 rings (SSSR count). The van der Waals surface area contributed by atoms with E-state index in [2.05, 4.69) is 0 Å². The molecule has 6 saturated carbocycles. The van der Waals surface area contributed by atoms with Crippen molar-refractivity contribution in [2.75, 3.05) is 20.0 Å². The van der Waals surface area contributed by atoms with Crippen molar-refractivity contribution in [2.45, 2.75) is 129 Å². The number of aliphatic hydroxyl groups is 2. The third kappa shape index (κ3) is 6.30. The number of fused-ring (bicyclic) bond motifs is 10. The number of esters is 2. The van der Waals surface area contributed by atoms with Crippen LogP contribution in [0.4, 0.5) is 9.59 Å². The average Bonchev–Trinajstić information content (AvgIpc) is 3.65. The lowest BCUT2D eigenvalue weighted by Crippen LogP contribution is -2.63. The van der Waals surface area contributed by atoms with E-state index in [1.165, 1.54) is 0 Å². The van der Waals surface area contributed by atoms with Crippen LogP contribution in [0.3, 0.4) is 0 Å². The Balaban J connectivity index is 1.04. The summed E-state index contributed by atoms with van der Waals surface area (Å²) in [5.74, 6) is -3.11. The first-order valence-corrected chi connectivity index (χ1v) is 22.1. The highest BCUT2D eigenvalue weighted by Crippen LogP contribution is 2.70. The third-order valence-corrected chi connectivity index (χ3v) is 17.3. The molecule has 61 heavy (non-hydrogen) atoms. The summed E-state index contributed by atoms with van der Waals surface area (Å²) in [5.41, 5.74) is -5.22. The summed E-state index contributed by atoms with van der Waals surface area (Å²) in [7, 11) is 0. The van der Waals surface area contributed by atoms with Crippen molar-refractivity contribution in [3.63, 3.8) is 0 Å². The summed E-state index contributed by atoms with van der Waals surface area (Å²) >= 11 is 0. The summed E-state index contributed by atoms with van der Waals surface area (Å²) in [6.45, 7) is 10.0. The minimum atomic E-state index is -1.91. The fourth-order valence-corrected chi connectivity index (χ4v) is 14.7. The molecular formula is C47H60O14. The lowest BCUT2D eigenvalue weighted by atomic mass is 9.46. The second-order valence-corrected chi connectivity index (χ2v) is 19.7. The van der Waals surface area contributed by atoms with Gasteiger partial charge in [-0.25, -0.2) is 19.2 Å². The molecule has 6 fully saturated rings. The molecule has 0 spiro atoms. The Bertz CT molecular complexity index is 1880. The summed E-state index contributed by atoms with van der Waals surface area (Å²) in [5, 5.41) is 24.0. The lowest BCUT2D eigenvalue weighted by Gasteiger charge is -2.59. The predicted molar refractivity (Wildman–Crippen MR) is 215 cm³/mol. The fraction of sp³-hybridized carbons (Fsp3) is 0.702. The first-order chi connectivity index (χ1) is 28.8. The average molecular weight is 849 g/mol. The van der Waals surface area contributed by atoms with Gasteiger partial charge in [0, 0.05) is 33.5 Å². The van der Waals surface area contributed by atoms with Crippen LogP contribution in [0, 0.1) is 57.2 Å². The zero-order valence-corrected chi connectivity index (χ0v) is 36.1. The van der Waals surface area contributed by atoms with E-state index >= 15 is 0 Å². The Labute approximate surface area is 356 Å². The number of hydrogen-bond donors (Lipinski definition) is 2. The molecule has 332 valence electrons. The van der Waals surface area contributed by atoms with Gasteiger partial charge in [0.25, 0.3) is 0 Å². The van der Waals surface area contributed by atoms with Crippen molar-refractivity contribution >= 4 is 35.8 Å². The first kappa shape index (κ1) is 43.4. The molecule has 0 bridgehead atoms. The van der Waals surface area contributed by atoms with Crippen LogP contribution in [0.25, 0.3) is 0 Å². The van der Waals surface area contributed by atoms with Crippen molar-refractivity contribution in [3.8, 4) is 0 Å². The van der Waals surface area contributed by atoms with E-state index in [0.717, 1.165) is 11.1 Å². The van der Waals surface area contributed by atoms with Gasteiger partial charge in [0.2, 0.25) is 18.0 Å². The van der Waals surface area contributed by atoms with Gasteiger partial charge in [-0.15, -0.1) is 0 Å². The molecule has 14 nitrogen and oxygen atoms in total. The zero-order chi connectivity index (χ0) is 43.9. The van der Waals surface area contributed by atoms with Crippen LogP contribution in [-0.2, 0) is 47.6 Å². The van der Waals surface area contributed by atoms with Gasteiger partial charge in [-0.05, 0) is 126 Å². The van der Waals surface area contributed by atoms with E-state index < -0.39 is 76.1 Å². The van der Waals surface area contributed by atoms with E-state index in [9.17, 15) is 39.0 Å². The Kier molecular flexibility index (Phi) is 10.8. The Morgan fingerprint density at radius 1 is 0.623 bits per heavy atom. The summed E-state index contributed by atoms with van der Waals surface area (Å²) < 4.78 is 34.0. The molecular weight excluding hydrogens is 789 g/mol. The maximum Gasteiger partial charge on any atom is 0.509 e. The summed E-state index contributed by atoms with van der Waals surface area (Å²) in [6.07, 6.45) is 10.1. The lowest BCUT2D eigenvalue weighted by molar-refractivity contribution is -0.219.